The molecule has 1 saturated heterocycles. The number of carbonyl (C=O) groups excluding carboxylic acids is 1. The largest absolute Gasteiger partial charge is 0.361 e. The molecular formula is C24H27N3O2. The molecule has 3 aromatic rings. The number of nitrogens with one attached hydrogen (secondary N) is 2. The maximum absolute atomic E-state index is 11.1. The maximum Gasteiger partial charge on any atom is 0.267 e. The third-order valence-electron chi connectivity index (χ3n) is 5.79. The van der Waals surface area contributed by atoms with Crippen LogP contribution in [0, 0.1) is 0 Å². The first-order valence-corrected chi connectivity index (χ1v) is 10.3. The van der Waals surface area contributed by atoms with Crippen LogP contribution in [0.15, 0.2) is 60.8 Å². The third-order valence-corrected chi connectivity index (χ3v) is 5.79. The van der Waals surface area contributed by atoms with E-state index in [2.05, 4.69) is 52.5 Å². The van der Waals surface area contributed by atoms with Crippen LogP contribution in [0.25, 0.3) is 17.0 Å². The molecule has 5 heteroatoms. The van der Waals surface area contributed by atoms with Gasteiger partial charge >= 0.3 is 0 Å². The number of aromatic nitrogens is 1. The zero-order chi connectivity index (χ0) is 20.1. The summed E-state index contributed by atoms with van der Waals surface area (Å²) in [6, 6.07) is 17.3. The molecule has 1 amide bonds. The number of aryl methyl sites for hydroxylation is 1. The number of amides is 1. The van der Waals surface area contributed by atoms with Crippen molar-refractivity contribution in [3.63, 3.8) is 0 Å². The Kier molecular flexibility index (Phi) is 6.08. The van der Waals surface area contributed by atoms with Gasteiger partial charge in [-0.3, -0.25) is 14.9 Å². The van der Waals surface area contributed by atoms with Gasteiger partial charge in [0.2, 0.25) is 0 Å². The van der Waals surface area contributed by atoms with E-state index in [0.717, 1.165) is 31.5 Å². The molecule has 0 aliphatic carbocycles. The number of hydrogen-bond acceptors (Lipinski definition) is 3. The number of nitrogens with zero attached hydrogens (tertiary/aromatic N) is 1. The van der Waals surface area contributed by atoms with E-state index in [-0.39, 0.29) is 0 Å². The predicted octanol–water partition coefficient (Wildman–Crippen LogP) is 4.46. The summed E-state index contributed by atoms with van der Waals surface area (Å²) >= 11 is 0. The average Bonchev–Trinajstić information content (AvgIpc) is 3.40. The van der Waals surface area contributed by atoms with Gasteiger partial charge < -0.3 is 4.98 Å². The van der Waals surface area contributed by atoms with E-state index >= 15 is 0 Å². The van der Waals surface area contributed by atoms with Crippen molar-refractivity contribution in [3.05, 3.63) is 77.5 Å². The second kappa shape index (κ2) is 9.07. The van der Waals surface area contributed by atoms with Gasteiger partial charge in [-0.25, -0.2) is 5.48 Å². The van der Waals surface area contributed by atoms with E-state index in [0.29, 0.717) is 6.04 Å². The Hall–Kier alpha value is -2.89. The Labute approximate surface area is 171 Å². The summed E-state index contributed by atoms with van der Waals surface area (Å²) in [6.45, 7) is 2.25. The molecule has 1 aromatic heterocycles. The van der Waals surface area contributed by atoms with Gasteiger partial charge in [0.15, 0.2) is 0 Å². The normalized spacial score (nSPS) is 17.3. The van der Waals surface area contributed by atoms with E-state index in [1.165, 1.54) is 40.9 Å². The molecule has 1 aliphatic heterocycles. The molecule has 0 spiro atoms. The van der Waals surface area contributed by atoms with E-state index < -0.39 is 5.91 Å². The van der Waals surface area contributed by atoms with Gasteiger partial charge in [0.05, 0.1) is 0 Å². The number of fused-ring (bicyclic) bond motifs is 1. The van der Waals surface area contributed by atoms with Crippen LogP contribution in [-0.2, 0) is 11.2 Å². The van der Waals surface area contributed by atoms with E-state index in [1.54, 1.807) is 11.6 Å². The second-order valence-electron chi connectivity index (χ2n) is 7.63. The van der Waals surface area contributed by atoms with E-state index in [9.17, 15) is 4.79 Å². The number of likely N-dealkylation sites (tertiary alicyclic amines) is 1. The van der Waals surface area contributed by atoms with Crippen molar-refractivity contribution < 1.29 is 10.0 Å². The van der Waals surface area contributed by atoms with Crippen molar-refractivity contribution in [1.82, 2.24) is 15.4 Å². The van der Waals surface area contributed by atoms with Crippen molar-refractivity contribution >= 4 is 22.9 Å². The summed E-state index contributed by atoms with van der Waals surface area (Å²) in [5.74, 6) is -0.522. The summed E-state index contributed by atoms with van der Waals surface area (Å²) in [5.41, 5.74) is 6.50. The molecule has 0 saturated carbocycles. The molecule has 5 nitrogen and oxygen atoms in total. The van der Waals surface area contributed by atoms with Gasteiger partial charge in [-0.1, -0.05) is 42.5 Å². The van der Waals surface area contributed by atoms with Gasteiger partial charge in [-0.2, -0.15) is 0 Å². The van der Waals surface area contributed by atoms with Gasteiger partial charge in [0.1, 0.15) is 0 Å². The highest BCUT2D eigenvalue weighted by atomic mass is 16.5. The summed E-state index contributed by atoms with van der Waals surface area (Å²) < 4.78 is 0. The fourth-order valence-corrected chi connectivity index (χ4v) is 4.32. The molecule has 1 fully saturated rings. The first-order chi connectivity index (χ1) is 14.2. The van der Waals surface area contributed by atoms with Crippen LogP contribution >= 0.6 is 0 Å². The zero-order valence-corrected chi connectivity index (χ0v) is 16.5. The number of benzene rings is 2. The number of hydrogen-bond donors (Lipinski definition) is 3. The van der Waals surface area contributed by atoms with Crippen molar-refractivity contribution in [2.45, 2.75) is 31.7 Å². The minimum atomic E-state index is -0.522. The number of rotatable bonds is 7. The van der Waals surface area contributed by atoms with Crippen molar-refractivity contribution in [2.24, 2.45) is 0 Å². The Bertz CT molecular complexity index is 991. The lowest BCUT2D eigenvalue weighted by atomic mass is 10.0. The van der Waals surface area contributed by atoms with Gasteiger partial charge in [0, 0.05) is 29.2 Å². The lowest BCUT2D eigenvalue weighted by molar-refractivity contribution is -0.124. The van der Waals surface area contributed by atoms with Gasteiger partial charge in [-0.15, -0.1) is 0 Å². The number of hydroxylamine groups is 1. The van der Waals surface area contributed by atoms with Crippen molar-refractivity contribution in [2.75, 3.05) is 13.1 Å². The number of carbonyl (C=O) groups is 1. The summed E-state index contributed by atoms with van der Waals surface area (Å²) in [7, 11) is 0. The van der Waals surface area contributed by atoms with Crippen LogP contribution in [0.2, 0.25) is 0 Å². The van der Waals surface area contributed by atoms with E-state index in [4.69, 9.17) is 5.21 Å². The van der Waals surface area contributed by atoms with E-state index in [1.807, 2.05) is 12.1 Å². The van der Waals surface area contributed by atoms with Crippen LogP contribution in [-0.4, -0.2) is 34.1 Å². The highest BCUT2D eigenvalue weighted by molar-refractivity contribution is 5.90. The molecule has 2 heterocycles. The highest BCUT2D eigenvalue weighted by Gasteiger charge is 2.25. The van der Waals surface area contributed by atoms with Crippen LogP contribution in [0.3, 0.4) is 0 Å². The lowest BCUT2D eigenvalue weighted by Crippen LogP contribution is -2.24. The van der Waals surface area contributed by atoms with Crippen molar-refractivity contribution in [3.8, 4) is 0 Å². The Morgan fingerprint density at radius 2 is 2.03 bits per heavy atom. The quantitative estimate of drug-likeness (QED) is 0.318. The maximum atomic E-state index is 11.1. The Morgan fingerprint density at radius 3 is 2.86 bits per heavy atom. The fourth-order valence-electron chi connectivity index (χ4n) is 4.32. The van der Waals surface area contributed by atoms with Crippen LogP contribution in [0.4, 0.5) is 0 Å². The SMILES string of the molecule is O=C(/C=C/c1ccc(C2CCCN2CCCc2c[nH]c3ccccc23)cc1)NO. The molecule has 1 atom stereocenters. The molecule has 3 N–H and O–H groups in total. The van der Waals surface area contributed by atoms with Gasteiger partial charge in [-0.05, 0) is 67.6 Å². The molecule has 0 bridgehead atoms. The average molecular weight is 389 g/mol. The molecule has 1 aliphatic rings. The standard InChI is InChI=1S/C24H27N3O2/c28-24(26-29)14-11-18-9-12-19(13-10-18)23-8-4-16-27(23)15-3-5-20-17-25-22-7-2-1-6-21(20)22/h1-2,6-7,9-14,17,23,25,29H,3-5,8,15-16H2,(H,26,28)/b14-11+. The fraction of sp³-hybridized carbons (Fsp3) is 0.292. The number of H-pyrrole nitrogens is 1. The topological polar surface area (TPSA) is 68.4 Å². The minimum absolute atomic E-state index is 0.469. The highest BCUT2D eigenvalue weighted by Crippen LogP contribution is 2.32. The molecular weight excluding hydrogens is 362 g/mol. The smallest absolute Gasteiger partial charge is 0.267 e. The first kappa shape index (κ1) is 19.4. The first-order valence-electron chi connectivity index (χ1n) is 10.3. The lowest BCUT2D eigenvalue weighted by Gasteiger charge is -2.25. The molecule has 2 aromatic carbocycles. The minimum Gasteiger partial charge on any atom is -0.361 e. The second-order valence-corrected chi connectivity index (χ2v) is 7.63. The van der Waals surface area contributed by atoms with Crippen molar-refractivity contribution in [1.29, 1.82) is 0 Å². The third kappa shape index (κ3) is 4.58. The molecule has 4 rings (SSSR count). The molecule has 1 unspecified atom stereocenters. The van der Waals surface area contributed by atoms with Gasteiger partial charge in [0.25, 0.3) is 5.91 Å². The molecule has 0 radical (unpaired) electrons. The molecule has 150 valence electrons. The van der Waals surface area contributed by atoms with Crippen LogP contribution < -0.4 is 5.48 Å². The van der Waals surface area contributed by atoms with Crippen LogP contribution in [0.5, 0.6) is 0 Å². The monoisotopic (exact) mass is 389 g/mol. The summed E-state index contributed by atoms with van der Waals surface area (Å²) in [4.78, 5) is 17.1. The zero-order valence-electron chi connectivity index (χ0n) is 16.5. The predicted molar refractivity (Wildman–Crippen MR) is 116 cm³/mol. The Morgan fingerprint density at radius 1 is 1.21 bits per heavy atom. The summed E-state index contributed by atoms with van der Waals surface area (Å²) in [6.07, 6.45) is 9.82. The van der Waals surface area contributed by atoms with Crippen LogP contribution in [0.1, 0.15) is 42.0 Å². The Balaban J connectivity index is 1.35. The molecule has 29 heavy (non-hydrogen) atoms. The summed E-state index contributed by atoms with van der Waals surface area (Å²) in [5, 5.41) is 9.89. The number of para-hydroxylation sites is 1. The number of aromatic amines is 1.